The van der Waals surface area contributed by atoms with Crippen LogP contribution >= 0.6 is 39.1 Å². The van der Waals surface area contributed by atoms with E-state index in [0.29, 0.717) is 20.1 Å². The Morgan fingerprint density at radius 1 is 1.11 bits per heavy atom. The first-order valence-corrected chi connectivity index (χ1v) is 6.98. The van der Waals surface area contributed by atoms with Gasteiger partial charge in [0.2, 0.25) is 0 Å². The summed E-state index contributed by atoms with van der Waals surface area (Å²) in [6.07, 6.45) is 0. The van der Waals surface area contributed by atoms with Crippen LogP contribution in [0.15, 0.2) is 46.9 Å². The monoisotopic (exact) mass is 358 g/mol. The summed E-state index contributed by atoms with van der Waals surface area (Å²) in [4.78, 5) is 11.9. The molecule has 2 rings (SSSR count). The van der Waals surface area contributed by atoms with Gasteiger partial charge in [-0.05, 0) is 45.8 Å². The van der Waals surface area contributed by atoms with Gasteiger partial charge in [-0.15, -0.1) is 0 Å². The molecule has 0 aliphatic carbocycles. The van der Waals surface area contributed by atoms with Gasteiger partial charge in [-0.2, -0.15) is 0 Å². The molecule has 98 valence electrons. The molecule has 0 N–H and O–H groups in total. The van der Waals surface area contributed by atoms with Crippen LogP contribution in [0.5, 0.6) is 0 Å². The van der Waals surface area contributed by atoms with Crippen LogP contribution in [-0.4, -0.2) is 5.97 Å². The number of halogens is 3. The molecule has 2 aromatic carbocycles. The van der Waals surface area contributed by atoms with Crippen molar-refractivity contribution < 1.29 is 9.53 Å². The van der Waals surface area contributed by atoms with Crippen molar-refractivity contribution in [3.63, 3.8) is 0 Å². The lowest BCUT2D eigenvalue weighted by atomic mass is 10.2. The van der Waals surface area contributed by atoms with E-state index in [4.69, 9.17) is 27.9 Å². The van der Waals surface area contributed by atoms with E-state index in [2.05, 4.69) is 15.9 Å². The average molecular weight is 360 g/mol. The molecule has 0 saturated carbocycles. The first kappa shape index (κ1) is 14.4. The van der Waals surface area contributed by atoms with E-state index in [1.807, 2.05) is 6.07 Å². The van der Waals surface area contributed by atoms with Crippen molar-refractivity contribution >= 4 is 45.1 Å². The molecule has 0 radical (unpaired) electrons. The lowest BCUT2D eigenvalue weighted by molar-refractivity contribution is 0.0471. The maximum absolute atomic E-state index is 11.9. The third-order valence-electron chi connectivity index (χ3n) is 2.45. The first-order chi connectivity index (χ1) is 9.08. The highest BCUT2D eigenvalue weighted by atomic mass is 79.9. The van der Waals surface area contributed by atoms with Crippen LogP contribution in [0.4, 0.5) is 0 Å². The number of ether oxygens (including phenoxy) is 1. The molecule has 0 aliphatic heterocycles. The summed E-state index contributed by atoms with van der Waals surface area (Å²) in [5, 5.41) is 0.915. The molecule has 2 aromatic rings. The van der Waals surface area contributed by atoms with Crippen molar-refractivity contribution in [3.8, 4) is 0 Å². The van der Waals surface area contributed by atoms with Crippen LogP contribution in [0, 0.1) is 0 Å². The highest BCUT2D eigenvalue weighted by Crippen LogP contribution is 2.23. The number of esters is 1. The minimum Gasteiger partial charge on any atom is -0.457 e. The van der Waals surface area contributed by atoms with Crippen LogP contribution in [0.3, 0.4) is 0 Å². The maximum atomic E-state index is 11.9. The molecule has 0 aromatic heterocycles. The van der Waals surface area contributed by atoms with Crippen LogP contribution in [0.25, 0.3) is 0 Å². The van der Waals surface area contributed by atoms with Crippen molar-refractivity contribution in [2.24, 2.45) is 0 Å². The van der Waals surface area contributed by atoms with E-state index in [9.17, 15) is 4.79 Å². The minimum absolute atomic E-state index is 0.150. The van der Waals surface area contributed by atoms with Gasteiger partial charge in [-0.1, -0.05) is 41.4 Å². The summed E-state index contributed by atoms with van der Waals surface area (Å²) in [5.74, 6) is -0.390. The summed E-state index contributed by atoms with van der Waals surface area (Å²) in [7, 11) is 0. The third-order valence-corrected chi connectivity index (χ3v) is 3.88. The van der Waals surface area contributed by atoms with Gasteiger partial charge in [0, 0.05) is 4.47 Å². The van der Waals surface area contributed by atoms with Crippen molar-refractivity contribution in [2.45, 2.75) is 6.61 Å². The molecule has 0 bridgehead atoms. The Hall–Kier alpha value is -1.03. The third kappa shape index (κ3) is 3.72. The van der Waals surface area contributed by atoms with E-state index in [0.717, 1.165) is 5.56 Å². The normalized spacial score (nSPS) is 10.3. The van der Waals surface area contributed by atoms with Gasteiger partial charge in [0.15, 0.2) is 0 Å². The molecule has 0 unspecified atom stereocenters. The zero-order valence-electron chi connectivity index (χ0n) is 9.70. The van der Waals surface area contributed by atoms with Gasteiger partial charge >= 0.3 is 5.97 Å². The molecule has 0 spiro atoms. The Bertz CT molecular complexity index is 614. The van der Waals surface area contributed by atoms with Crippen LogP contribution < -0.4 is 0 Å². The predicted molar refractivity (Wildman–Crippen MR) is 79.7 cm³/mol. The van der Waals surface area contributed by atoms with E-state index < -0.39 is 5.97 Å². The van der Waals surface area contributed by atoms with Crippen molar-refractivity contribution in [1.82, 2.24) is 0 Å². The molecule has 5 heteroatoms. The fraction of sp³-hybridized carbons (Fsp3) is 0.0714. The fourth-order valence-electron chi connectivity index (χ4n) is 1.48. The Balaban J connectivity index is 2.04. The lowest BCUT2D eigenvalue weighted by Gasteiger charge is -2.07. The Morgan fingerprint density at radius 3 is 2.53 bits per heavy atom. The topological polar surface area (TPSA) is 26.3 Å². The second-order valence-corrected chi connectivity index (χ2v) is 5.47. The highest BCUT2D eigenvalue weighted by molar-refractivity contribution is 9.10. The largest absolute Gasteiger partial charge is 0.457 e. The summed E-state index contributed by atoms with van der Waals surface area (Å²) < 4.78 is 5.92. The van der Waals surface area contributed by atoms with Gasteiger partial charge in [0.25, 0.3) is 0 Å². The second-order valence-electron chi connectivity index (χ2n) is 3.80. The first-order valence-electron chi connectivity index (χ1n) is 5.43. The number of hydrogen-bond acceptors (Lipinski definition) is 2. The van der Waals surface area contributed by atoms with Gasteiger partial charge in [0.1, 0.15) is 6.61 Å². The number of carbonyl (C=O) groups is 1. The van der Waals surface area contributed by atoms with Crippen LogP contribution in [-0.2, 0) is 11.3 Å². The quantitative estimate of drug-likeness (QED) is 0.711. The lowest BCUT2D eigenvalue weighted by Crippen LogP contribution is -2.05. The van der Waals surface area contributed by atoms with E-state index in [1.165, 1.54) is 0 Å². The fourth-order valence-corrected chi connectivity index (χ4v) is 2.25. The summed E-state index contributed by atoms with van der Waals surface area (Å²) >= 11 is 15.0. The summed E-state index contributed by atoms with van der Waals surface area (Å²) in [6, 6.07) is 12.2. The Labute approximate surface area is 129 Å². The van der Waals surface area contributed by atoms with E-state index in [-0.39, 0.29) is 6.61 Å². The summed E-state index contributed by atoms with van der Waals surface area (Å²) in [5.41, 5.74) is 1.28. The molecule has 0 saturated heterocycles. The van der Waals surface area contributed by atoms with Gasteiger partial charge in [0.05, 0.1) is 15.6 Å². The minimum atomic E-state index is -0.390. The SMILES string of the molecule is O=C(OCc1ccc(Cl)c(Cl)c1)c1ccccc1Br. The molecule has 0 aliphatic rings. The smallest absolute Gasteiger partial charge is 0.339 e. The number of carbonyl (C=O) groups excluding carboxylic acids is 1. The van der Waals surface area contributed by atoms with E-state index in [1.54, 1.807) is 36.4 Å². The molecule has 0 atom stereocenters. The highest BCUT2D eigenvalue weighted by Gasteiger charge is 2.11. The van der Waals surface area contributed by atoms with Gasteiger partial charge in [-0.3, -0.25) is 0 Å². The van der Waals surface area contributed by atoms with Gasteiger partial charge < -0.3 is 4.74 Å². The summed E-state index contributed by atoms with van der Waals surface area (Å²) in [6.45, 7) is 0.150. The molecule has 19 heavy (non-hydrogen) atoms. The standard InChI is InChI=1S/C14H9BrCl2O2/c15-11-4-2-1-3-10(11)14(18)19-8-9-5-6-12(16)13(17)7-9/h1-7H,8H2. The average Bonchev–Trinajstić information content (AvgIpc) is 2.40. The molecular formula is C14H9BrCl2O2. The number of benzene rings is 2. The van der Waals surface area contributed by atoms with E-state index >= 15 is 0 Å². The molecule has 0 heterocycles. The Kier molecular flexibility index (Phi) is 4.86. The van der Waals surface area contributed by atoms with Crippen LogP contribution in [0.1, 0.15) is 15.9 Å². The molecule has 0 fully saturated rings. The predicted octanol–water partition coefficient (Wildman–Crippen LogP) is 5.11. The van der Waals surface area contributed by atoms with Gasteiger partial charge in [-0.25, -0.2) is 4.79 Å². The van der Waals surface area contributed by atoms with Crippen molar-refractivity contribution in [3.05, 3.63) is 68.1 Å². The zero-order valence-corrected chi connectivity index (χ0v) is 12.8. The van der Waals surface area contributed by atoms with Crippen molar-refractivity contribution in [2.75, 3.05) is 0 Å². The van der Waals surface area contributed by atoms with Crippen molar-refractivity contribution in [1.29, 1.82) is 0 Å². The number of hydrogen-bond donors (Lipinski definition) is 0. The molecule has 2 nitrogen and oxygen atoms in total. The molecule has 0 amide bonds. The second kappa shape index (κ2) is 6.42. The number of rotatable bonds is 3. The maximum Gasteiger partial charge on any atom is 0.339 e. The van der Waals surface area contributed by atoms with Crippen LogP contribution in [0.2, 0.25) is 10.0 Å². The molecular weight excluding hydrogens is 351 g/mol. The Morgan fingerprint density at radius 2 is 1.84 bits per heavy atom. The zero-order chi connectivity index (χ0) is 13.8.